The minimum absolute atomic E-state index is 0.0300. The second kappa shape index (κ2) is 7.07. The van der Waals surface area contributed by atoms with Gasteiger partial charge in [-0.25, -0.2) is 0 Å². The first kappa shape index (κ1) is 16.0. The Balaban J connectivity index is 2.06. The summed E-state index contributed by atoms with van der Waals surface area (Å²) in [4.78, 5) is 22.6. The summed E-state index contributed by atoms with van der Waals surface area (Å²) < 4.78 is 5.46. The van der Waals surface area contributed by atoms with Crippen molar-refractivity contribution >= 4 is 22.7 Å². The van der Waals surface area contributed by atoms with Crippen LogP contribution < -0.4 is 0 Å². The van der Waals surface area contributed by atoms with Crippen LogP contribution in [0.2, 0.25) is 0 Å². The van der Waals surface area contributed by atoms with Gasteiger partial charge in [0.05, 0.1) is 0 Å². The van der Waals surface area contributed by atoms with Gasteiger partial charge in [-0.15, -0.1) is 0 Å². The first-order valence-corrected chi connectivity index (χ1v) is 7.36. The molecule has 0 fully saturated rings. The van der Waals surface area contributed by atoms with Gasteiger partial charge in [-0.05, 0) is 29.2 Å². The second-order valence-electron chi connectivity index (χ2n) is 5.61. The molecule has 0 saturated heterocycles. The zero-order valence-electron chi connectivity index (χ0n) is 12.8. The van der Waals surface area contributed by atoms with Crippen LogP contribution in [-0.4, -0.2) is 17.0 Å². The number of fused-ring (bicyclic) bond motifs is 1. The number of hydrogen-bond donors (Lipinski definition) is 1. The maximum atomic E-state index is 11.9. The highest BCUT2D eigenvalue weighted by molar-refractivity contribution is 5.86. The summed E-state index contributed by atoms with van der Waals surface area (Å²) in [6.07, 6.45) is -0.283. The maximum Gasteiger partial charge on any atom is 0.306 e. The molecule has 0 amide bonds. The van der Waals surface area contributed by atoms with Gasteiger partial charge in [0.25, 0.3) is 0 Å². The molecule has 1 N–H and O–H groups in total. The van der Waals surface area contributed by atoms with Crippen molar-refractivity contribution in [1.82, 2.24) is 0 Å². The van der Waals surface area contributed by atoms with Crippen molar-refractivity contribution < 1.29 is 19.4 Å². The number of carboxylic acids is 1. The van der Waals surface area contributed by atoms with Crippen molar-refractivity contribution in [2.45, 2.75) is 32.8 Å². The van der Waals surface area contributed by atoms with Crippen LogP contribution in [0.15, 0.2) is 42.5 Å². The third-order valence-corrected chi connectivity index (χ3v) is 3.61. The molecule has 116 valence electrons. The third kappa shape index (κ3) is 4.07. The van der Waals surface area contributed by atoms with Crippen LogP contribution in [0.5, 0.6) is 0 Å². The summed E-state index contributed by atoms with van der Waals surface area (Å²) in [7, 11) is 0. The summed E-state index contributed by atoms with van der Waals surface area (Å²) in [5, 5.41) is 10.9. The molecule has 2 atom stereocenters. The highest BCUT2D eigenvalue weighted by Crippen LogP contribution is 2.27. The number of carbonyl (C=O) groups is 2. The van der Waals surface area contributed by atoms with Gasteiger partial charge in [-0.2, -0.15) is 0 Å². The smallest absolute Gasteiger partial charge is 0.306 e. The normalized spacial score (nSPS) is 13.5. The molecule has 2 rings (SSSR count). The highest BCUT2D eigenvalue weighted by Gasteiger charge is 2.18. The fraction of sp³-hybridized carbons (Fsp3) is 0.333. The molecular weight excluding hydrogens is 280 g/mol. The molecule has 0 bridgehead atoms. The van der Waals surface area contributed by atoms with Crippen LogP contribution >= 0.6 is 0 Å². The standard InChI is InChI=1S/C18H20O4/c1-12(10-17(19)20)11-18(21)22-13(2)15-9-5-7-14-6-3-4-8-16(14)15/h3-9,12-13H,10-11H2,1-2H3,(H,19,20)/t12-,13+/m1/s1. The van der Waals surface area contributed by atoms with E-state index in [-0.39, 0.29) is 30.8 Å². The number of benzene rings is 2. The zero-order valence-corrected chi connectivity index (χ0v) is 12.8. The van der Waals surface area contributed by atoms with Gasteiger partial charge in [0.1, 0.15) is 6.10 Å². The minimum atomic E-state index is -0.901. The Bertz CT molecular complexity index is 672. The Hall–Kier alpha value is -2.36. The average Bonchev–Trinajstić information content (AvgIpc) is 2.45. The molecule has 2 aromatic carbocycles. The Labute approximate surface area is 129 Å². The van der Waals surface area contributed by atoms with Crippen LogP contribution in [0.1, 0.15) is 38.4 Å². The van der Waals surface area contributed by atoms with Crippen molar-refractivity contribution in [3.63, 3.8) is 0 Å². The number of carboxylic acid groups (broad SMARTS) is 1. The number of carbonyl (C=O) groups excluding carboxylic acids is 1. The second-order valence-corrected chi connectivity index (χ2v) is 5.61. The van der Waals surface area contributed by atoms with Gasteiger partial charge in [-0.3, -0.25) is 9.59 Å². The van der Waals surface area contributed by atoms with Gasteiger partial charge in [-0.1, -0.05) is 49.4 Å². The van der Waals surface area contributed by atoms with Crippen molar-refractivity contribution in [2.24, 2.45) is 5.92 Å². The largest absolute Gasteiger partial charge is 0.481 e. The van der Waals surface area contributed by atoms with Gasteiger partial charge < -0.3 is 9.84 Å². The monoisotopic (exact) mass is 300 g/mol. The number of esters is 1. The van der Waals surface area contributed by atoms with E-state index in [2.05, 4.69) is 0 Å². The minimum Gasteiger partial charge on any atom is -0.481 e. The van der Waals surface area contributed by atoms with Crippen LogP contribution in [0.4, 0.5) is 0 Å². The van der Waals surface area contributed by atoms with E-state index in [9.17, 15) is 9.59 Å². The molecule has 22 heavy (non-hydrogen) atoms. The average molecular weight is 300 g/mol. The predicted octanol–water partition coefficient (Wildman–Crippen LogP) is 3.94. The molecule has 0 heterocycles. The molecule has 4 nitrogen and oxygen atoms in total. The topological polar surface area (TPSA) is 63.6 Å². The molecule has 2 aromatic rings. The summed E-state index contributed by atoms with van der Waals surface area (Å²) in [5.41, 5.74) is 0.956. The molecule has 0 spiro atoms. The molecular formula is C18H20O4. The Morgan fingerprint density at radius 1 is 1.05 bits per heavy atom. The molecule has 0 aromatic heterocycles. The van der Waals surface area contributed by atoms with E-state index in [4.69, 9.17) is 9.84 Å². The van der Waals surface area contributed by atoms with Gasteiger partial charge in [0, 0.05) is 12.8 Å². The molecule has 0 aliphatic rings. The molecule has 0 saturated carbocycles. The van der Waals surface area contributed by atoms with Crippen molar-refractivity contribution in [3.8, 4) is 0 Å². The Morgan fingerprint density at radius 3 is 2.45 bits per heavy atom. The van der Waals surface area contributed by atoms with Gasteiger partial charge in [0.15, 0.2) is 0 Å². The lowest BCUT2D eigenvalue weighted by molar-refractivity contribution is -0.150. The number of aliphatic carboxylic acids is 1. The fourth-order valence-corrected chi connectivity index (χ4v) is 2.57. The van der Waals surface area contributed by atoms with Crippen molar-refractivity contribution in [1.29, 1.82) is 0 Å². The lowest BCUT2D eigenvalue weighted by Gasteiger charge is -2.17. The maximum absolute atomic E-state index is 11.9. The van der Waals surface area contributed by atoms with E-state index in [1.807, 2.05) is 49.4 Å². The van der Waals surface area contributed by atoms with E-state index in [1.54, 1.807) is 6.92 Å². The van der Waals surface area contributed by atoms with E-state index in [0.29, 0.717) is 0 Å². The Kier molecular flexibility index (Phi) is 5.15. The van der Waals surface area contributed by atoms with Crippen LogP contribution in [-0.2, 0) is 14.3 Å². The molecule has 0 aliphatic heterocycles. The van der Waals surface area contributed by atoms with E-state index < -0.39 is 5.97 Å². The lowest BCUT2D eigenvalue weighted by Crippen LogP contribution is -2.14. The van der Waals surface area contributed by atoms with Crippen LogP contribution in [0.3, 0.4) is 0 Å². The van der Waals surface area contributed by atoms with E-state index >= 15 is 0 Å². The van der Waals surface area contributed by atoms with E-state index in [1.165, 1.54) is 0 Å². The van der Waals surface area contributed by atoms with Crippen LogP contribution in [0.25, 0.3) is 10.8 Å². The van der Waals surface area contributed by atoms with Gasteiger partial charge in [0.2, 0.25) is 0 Å². The predicted molar refractivity (Wildman–Crippen MR) is 84.5 cm³/mol. The zero-order chi connectivity index (χ0) is 16.1. The number of rotatable bonds is 6. The molecule has 0 radical (unpaired) electrons. The third-order valence-electron chi connectivity index (χ3n) is 3.61. The lowest BCUT2D eigenvalue weighted by atomic mass is 10.0. The fourth-order valence-electron chi connectivity index (χ4n) is 2.57. The Morgan fingerprint density at radius 2 is 1.73 bits per heavy atom. The summed E-state index contributed by atoms with van der Waals surface area (Å²) in [5.74, 6) is -1.50. The number of hydrogen-bond acceptors (Lipinski definition) is 3. The molecule has 4 heteroatoms. The van der Waals surface area contributed by atoms with E-state index in [0.717, 1.165) is 16.3 Å². The first-order valence-electron chi connectivity index (χ1n) is 7.36. The summed E-state index contributed by atoms with van der Waals surface area (Å²) in [6, 6.07) is 13.8. The van der Waals surface area contributed by atoms with Crippen molar-refractivity contribution in [3.05, 3.63) is 48.0 Å². The molecule has 0 aliphatic carbocycles. The first-order chi connectivity index (χ1) is 10.5. The summed E-state index contributed by atoms with van der Waals surface area (Å²) >= 11 is 0. The SMILES string of the molecule is C[C@H](CC(=O)O)CC(=O)O[C@@H](C)c1cccc2ccccc12. The highest BCUT2D eigenvalue weighted by atomic mass is 16.5. The quantitative estimate of drug-likeness (QED) is 0.821. The summed E-state index contributed by atoms with van der Waals surface area (Å²) in [6.45, 7) is 3.57. The molecule has 0 unspecified atom stereocenters. The number of ether oxygens (including phenoxy) is 1. The van der Waals surface area contributed by atoms with Crippen LogP contribution in [0, 0.1) is 5.92 Å². The van der Waals surface area contributed by atoms with Gasteiger partial charge >= 0.3 is 11.9 Å². The van der Waals surface area contributed by atoms with Crippen molar-refractivity contribution in [2.75, 3.05) is 0 Å².